The van der Waals surface area contributed by atoms with Gasteiger partial charge in [-0.2, -0.15) is 0 Å². The number of hydrogen-bond acceptors (Lipinski definition) is 3. The van der Waals surface area contributed by atoms with E-state index < -0.39 is 5.24 Å². The first-order valence-corrected chi connectivity index (χ1v) is 4.44. The number of nitrogens with zero attached hydrogens (tertiary/aromatic N) is 1. The number of benzene rings is 1. The van der Waals surface area contributed by atoms with Crippen LogP contribution in [0, 0.1) is 0 Å². The minimum absolute atomic E-state index is 0.285. The van der Waals surface area contributed by atoms with Crippen molar-refractivity contribution >= 4 is 28.7 Å². The van der Waals surface area contributed by atoms with Crippen molar-refractivity contribution in [2.75, 3.05) is 5.32 Å². The van der Waals surface area contributed by atoms with E-state index in [2.05, 4.69) is 10.3 Å². The molecule has 0 saturated heterocycles. The van der Waals surface area contributed by atoms with Crippen LogP contribution in [0.5, 0.6) is 0 Å². The molecule has 0 radical (unpaired) electrons. The number of rotatable bonds is 1. The molecule has 70 valence electrons. The first kappa shape index (κ1) is 8.97. The van der Waals surface area contributed by atoms with Gasteiger partial charge in [-0.1, -0.05) is 18.2 Å². The summed E-state index contributed by atoms with van der Waals surface area (Å²) < 4.78 is 0. The van der Waals surface area contributed by atoms with Crippen molar-refractivity contribution < 1.29 is 4.79 Å². The molecule has 1 aromatic rings. The predicted octanol–water partition coefficient (Wildman–Crippen LogP) is 2.14. The number of halogens is 1. The second kappa shape index (κ2) is 3.64. The Morgan fingerprint density at radius 2 is 2.14 bits per heavy atom. The van der Waals surface area contributed by atoms with Crippen molar-refractivity contribution in [2.45, 2.75) is 0 Å². The fourth-order valence-corrected chi connectivity index (χ4v) is 1.29. The van der Waals surface area contributed by atoms with E-state index in [1.165, 1.54) is 6.20 Å². The first-order valence-electron chi connectivity index (χ1n) is 4.06. The number of nitrogens with one attached hydrogen (secondary N) is 1. The number of carbonyl (C=O) groups is 1. The fraction of sp³-hybridized carbons (Fsp3) is 0. The molecule has 0 aliphatic carbocycles. The second-order valence-electron chi connectivity index (χ2n) is 2.81. The third kappa shape index (κ3) is 1.67. The van der Waals surface area contributed by atoms with Crippen molar-refractivity contribution in [2.24, 2.45) is 4.99 Å². The Kier molecular flexibility index (Phi) is 2.33. The number of aliphatic imine (C=N–C) groups is 1. The summed E-state index contributed by atoms with van der Waals surface area (Å²) in [6.45, 7) is 0. The third-order valence-electron chi connectivity index (χ3n) is 1.86. The summed E-state index contributed by atoms with van der Waals surface area (Å²) in [5, 5.41) is 2.37. The van der Waals surface area contributed by atoms with E-state index in [9.17, 15) is 4.79 Å². The number of fused-ring (bicyclic) bond motifs is 1. The van der Waals surface area contributed by atoms with Gasteiger partial charge in [-0.05, 0) is 17.7 Å². The van der Waals surface area contributed by atoms with E-state index in [0.29, 0.717) is 0 Å². The zero-order valence-corrected chi connectivity index (χ0v) is 7.95. The van der Waals surface area contributed by atoms with Crippen LogP contribution in [0.3, 0.4) is 0 Å². The van der Waals surface area contributed by atoms with E-state index in [4.69, 9.17) is 11.6 Å². The summed E-state index contributed by atoms with van der Waals surface area (Å²) in [6.07, 6.45) is 3.09. The zero-order chi connectivity index (χ0) is 9.97. The maximum atomic E-state index is 10.9. The van der Waals surface area contributed by atoms with Crippen LogP contribution in [-0.4, -0.2) is 11.5 Å². The summed E-state index contributed by atoms with van der Waals surface area (Å²) >= 11 is 5.35. The Morgan fingerprint density at radius 3 is 2.93 bits per heavy atom. The highest BCUT2D eigenvalue weighted by Crippen LogP contribution is 2.18. The smallest absolute Gasteiger partial charge is 0.270 e. The van der Waals surface area contributed by atoms with Crippen LogP contribution in [0.2, 0.25) is 0 Å². The highest BCUT2D eigenvalue weighted by molar-refractivity contribution is 6.68. The average molecular weight is 207 g/mol. The van der Waals surface area contributed by atoms with Gasteiger partial charge in [0.25, 0.3) is 5.24 Å². The number of hydrogen-bond donors (Lipinski definition) is 1. The minimum atomic E-state index is -0.543. The van der Waals surface area contributed by atoms with E-state index in [0.717, 1.165) is 11.3 Å². The Balaban J connectivity index is 2.42. The van der Waals surface area contributed by atoms with Gasteiger partial charge in [-0.25, -0.2) is 0 Å². The molecule has 3 nitrogen and oxygen atoms in total. The molecule has 0 unspecified atom stereocenters. The molecular weight excluding hydrogens is 200 g/mol. The molecule has 14 heavy (non-hydrogen) atoms. The summed E-state index contributed by atoms with van der Waals surface area (Å²) in [6, 6.07) is 7.54. The molecule has 1 N–H and O–H groups in total. The average Bonchev–Trinajstić information content (AvgIpc) is 2.39. The summed E-state index contributed by atoms with van der Waals surface area (Å²) in [5.41, 5.74) is 2.04. The van der Waals surface area contributed by atoms with Gasteiger partial charge >= 0.3 is 0 Å². The van der Waals surface area contributed by atoms with E-state index >= 15 is 0 Å². The summed E-state index contributed by atoms with van der Waals surface area (Å²) in [5.74, 6) is 0. The molecule has 2 rings (SSSR count). The molecule has 1 aliphatic rings. The zero-order valence-electron chi connectivity index (χ0n) is 7.20. The van der Waals surface area contributed by atoms with Crippen molar-refractivity contribution in [1.29, 1.82) is 0 Å². The van der Waals surface area contributed by atoms with Crippen molar-refractivity contribution in [3.8, 4) is 0 Å². The molecule has 0 spiro atoms. The topological polar surface area (TPSA) is 41.5 Å². The second-order valence-corrected chi connectivity index (χ2v) is 3.15. The van der Waals surface area contributed by atoms with Crippen LogP contribution < -0.4 is 5.32 Å². The molecule has 1 aliphatic heterocycles. The van der Waals surface area contributed by atoms with Crippen LogP contribution in [0.1, 0.15) is 5.56 Å². The lowest BCUT2D eigenvalue weighted by Gasteiger charge is -2.06. The number of allylic oxidation sites excluding steroid dienone is 1. The van der Waals surface area contributed by atoms with E-state index in [1.54, 1.807) is 6.21 Å². The van der Waals surface area contributed by atoms with E-state index in [1.807, 2.05) is 24.3 Å². The van der Waals surface area contributed by atoms with Gasteiger partial charge in [-0.15, -0.1) is 0 Å². The van der Waals surface area contributed by atoms with Crippen LogP contribution in [0.15, 0.2) is 41.2 Å². The normalized spacial score (nSPS) is 13.6. The Morgan fingerprint density at radius 1 is 1.36 bits per heavy atom. The maximum Gasteiger partial charge on any atom is 0.270 e. The molecule has 1 aromatic carbocycles. The molecular formula is C10H7ClN2O. The molecule has 0 amide bonds. The highest BCUT2D eigenvalue weighted by Gasteiger charge is 2.10. The van der Waals surface area contributed by atoms with Crippen LogP contribution in [0.4, 0.5) is 5.69 Å². The molecule has 0 aromatic heterocycles. The monoisotopic (exact) mass is 206 g/mol. The molecule has 0 atom stereocenters. The van der Waals surface area contributed by atoms with Gasteiger partial charge in [0.15, 0.2) is 0 Å². The Hall–Kier alpha value is -1.61. The van der Waals surface area contributed by atoms with Gasteiger partial charge < -0.3 is 5.32 Å². The Bertz CT molecular complexity index is 438. The fourth-order valence-electron chi connectivity index (χ4n) is 1.19. The van der Waals surface area contributed by atoms with Crippen LogP contribution in [-0.2, 0) is 4.79 Å². The summed E-state index contributed by atoms with van der Waals surface area (Å²) in [7, 11) is 0. The Labute approximate surface area is 86.1 Å². The standard InChI is InChI=1S/C10H7ClN2O/c11-10(14)9-6-12-5-7-3-1-2-4-8(7)13-9/h1-6,13H. The molecule has 0 fully saturated rings. The minimum Gasteiger partial charge on any atom is -0.350 e. The van der Waals surface area contributed by atoms with E-state index in [-0.39, 0.29) is 5.70 Å². The van der Waals surface area contributed by atoms with Crippen LogP contribution >= 0.6 is 11.6 Å². The van der Waals surface area contributed by atoms with Crippen molar-refractivity contribution in [3.63, 3.8) is 0 Å². The maximum absolute atomic E-state index is 10.9. The SMILES string of the molecule is O=C(Cl)C1=CN=Cc2ccccc2N1. The molecule has 1 heterocycles. The largest absolute Gasteiger partial charge is 0.350 e. The van der Waals surface area contributed by atoms with Crippen molar-refractivity contribution in [1.82, 2.24) is 0 Å². The number of carbonyl (C=O) groups excluding carboxylic acids is 1. The predicted molar refractivity (Wildman–Crippen MR) is 56.6 cm³/mol. The lowest BCUT2D eigenvalue weighted by Crippen LogP contribution is -2.05. The van der Waals surface area contributed by atoms with Gasteiger partial charge in [0.1, 0.15) is 5.70 Å². The highest BCUT2D eigenvalue weighted by atomic mass is 35.5. The van der Waals surface area contributed by atoms with Gasteiger partial charge in [0.05, 0.1) is 6.20 Å². The number of para-hydroxylation sites is 1. The lowest BCUT2D eigenvalue weighted by molar-refractivity contribution is -0.108. The molecule has 4 heteroatoms. The van der Waals surface area contributed by atoms with Crippen molar-refractivity contribution in [3.05, 3.63) is 41.7 Å². The first-order chi connectivity index (χ1) is 6.77. The van der Waals surface area contributed by atoms with Crippen LogP contribution in [0.25, 0.3) is 0 Å². The third-order valence-corrected chi connectivity index (χ3v) is 2.06. The van der Waals surface area contributed by atoms with Gasteiger partial charge in [0, 0.05) is 17.5 Å². The lowest BCUT2D eigenvalue weighted by atomic mass is 10.2. The van der Waals surface area contributed by atoms with Gasteiger partial charge in [-0.3, -0.25) is 9.79 Å². The molecule has 0 saturated carbocycles. The summed E-state index contributed by atoms with van der Waals surface area (Å²) in [4.78, 5) is 14.9. The quantitative estimate of drug-likeness (QED) is 0.716. The van der Waals surface area contributed by atoms with Gasteiger partial charge in [0.2, 0.25) is 0 Å². The number of anilines is 1. The molecule has 0 bridgehead atoms.